The summed E-state index contributed by atoms with van der Waals surface area (Å²) in [5.74, 6) is 1.45. The van der Waals surface area contributed by atoms with Gasteiger partial charge in [-0.05, 0) is 25.5 Å². The summed E-state index contributed by atoms with van der Waals surface area (Å²) in [6, 6.07) is 6.04. The van der Waals surface area contributed by atoms with Crippen molar-refractivity contribution in [1.82, 2.24) is 24.7 Å². The van der Waals surface area contributed by atoms with Gasteiger partial charge in [-0.1, -0.05) is 6.07 Å². The summed E-state index contributed by atoms with van der Waals surface area (Å²) in [5, 5.41) is 11.0. The first-order valence-electron chi connectivity index (χ1n) is 6.85. The van der Waals surface area contributed by atoms with Gasteiger partial charge in [0.1, 0.15) is 16.7 Å². The molecule has 4 rings (SSSR count). The Morgan fingerprint density at radius 2 is 2.29 bits per heavy atom. The molecule has 6 nitrogen and oxygen atoms in total. The van der Waals surface area contributed by atoms with Crippen LogP contribution in [0.4, 0.5) is 5.95 Å². The van der Waals surface area contributed by atoms with Crippen molar-refractivity contribution in [2.75, 3.05) is 11.9 Å². The number of hydrogen-bond acceptors (Lipinski definition) is 6. The van der Waals surface area contributed by atoms with Crippen molar-refractivity contribution in [3.63, 3.8) is 0 Å². The molecule has 3 aromatic heterocycles. The highest BCUT2D eigenvalue weighted by Crippen LogP contribution is 2.30. The quantitative estimate of drug-likeness (QED) is 0.787. The lowest BCUT2D eigenvalue weighted by atomic mass is 10.2. The summed E-state index contributed by atoms with van der Waals surface area (Å²) in [5.41, 5.74) is 1.77. The Kier molecular flexibility index (Phi) is 2.92. The lowest BCUT2D eigenvalue weighted by molar-refractivity contribution is 0.479. The van der Waals surface area contributed by atoms with Gasteiger partial charge >= 0.3 is 0 Å². The first kappa shape index (κ1) is 12.5. The number of thiazole rings is 1. The molecule has 0 radical (unpaired) electrons. The molecule has 1 atom stereocenters. The van der Waals surface area contributed by atoms with E-state index in [0.717, 1.165) is 35.3 Å². The van der Waals surface area contributed by atoms with Gasteiger partial charge in [-0.3, -0.25) is 0 Å². The topological polar surface area (TPSA) is 68.5 Å². The molecule has 1 N–H and O–H groups in total. The van der Waals surface area contributed by atoms with E-state index < -0.39 is 0 Å². The zero-order valence-corrected chi connectivity index (χ0v) is 12.3. The minimum absolute atomic E-state index is 0.160. The van der Waals surface area contributed by atoms with Crippen molar-refractivity contribution in [1.29, 1.82) is 0 Å². The van der Waals surface area contributed by atoms with E-state index in [4.69, 9.17) is 0 Å². The van der Waals surface area contributed by atoms with E-state index in [0.29, 0.717) is 5.82 Å². The Morgan fingerprint density at radius 3 is 3.10 bits per heavy atom. The van der Waals surface area contributed by atoms with Gasteiger partial charge < -0.3 is 5.32 Å². The van der Waals surface area contributed by atoms with Crippen LogP contribution in [-0.2, 0) is 0 Å². The molecular formula is C14H14N6S. The second-order valence-electron chi connectivity index (χ2n) is 4.97. The molecule has 0 aromatic carbocycles. The van der Waals surface area contributed by atoms with Crippen LogP contribution < -0.4 is 5.32 Å². The fraction of sp³-hybridized carbons (Fsp3) is 0.286. The molecule has 0 fully saturated rings. The average Bonchev–Trinajstić information content (AvgIpc) is 3.16. The Balaban J connectivity index is 1.77. The number of nitrogens with zero attached hydrogens (tertiary/aromatic N) is 5. The van der Waals surface area contributed by atoms with E-state index in [1.807, 2.05) is 41.4 Å². The van der Waals surface area contributed by atoms with E-state index in [2.05, 4.69) is 25.4 Å². The second-order valence-corrected chi connectivity index (χ2v) is 5.90. The molecule has 21 heavy (non-hydrogen) atoms. The summed E-state index contributed by atoms with van der Waals surface area (Å²) in [7, 11) is 0. The average molecular weight is 298 g/mol. The molecular weight excluding hydrogens is 284 g/mol. The smallest absolute Gasteiger partial charge is 0.222 e. The largest absolute Gasteiger partial charge is 0.354 e. The number of nitrogens with one attached hydrogen (secondary N) is 1. The van der Waals surface area contributed by atoms with E-state index in [1.54, 1.807) is 11.3 Å². The van der Waals surface area contributed by atoms with Gasteiger partial charge in [-0.15, -0.1) is 16.4 Å². The molecule has 7 heteroatoms. The van der Waals surface area contributed by atoms with Crippen LogP contribution >= 0.6 is 11.3 Å². The molecule has 106 valence electrons. The first-order chi connectivity index (χ1) is 10.3. The van der Waals surface area contributed by atoms with Crippen LogP contribution in [0, 0.1) is 6.92 Å². The van der Waals surface area contributed by atoms with E-state index >= 15 is 0 Å². The van der Waals surface area contributed by atoms with Gasteiger partial charge in [0.25, 0.3) is 0 Å². The lowest BCUT2D eigenvalue weighted by Crippen LogP contribution is -2.24. The zero-order chi connectivity index (χ0) is 14.2. The molecule has 0 spiro atoms. The molecule has 0 aliphatic carbocycles. The third-order valence-electron chi connectivity index (χ3n) is 3.48. The van der Waals surface area contributed by atoms with Gasteiger partial charge in [-0.2, -0.15) is 4.98 Å². The maximum Gasteiger partial charge on any atom is 0.222 e. The standard InChI is InChI=1S/C14H14N6S/c1-9-3-2-4-10(17-9)12-18-14-16-6-5-11(20(14)19-12)13-15-7-8-21-13/h2-4,7-8,11H,5-6H2,1H3,(H,16,18,19). The minimum atomic E-state index is 0.160. The summed E-state index contributed by atoms with van der Waals surface area (Å²) >= 11 is 1.66. The maximum atomic E-state index is 4.65. The molecule has 3 aromatic rings. The number of fused-ring (bicyclic) bond motifs is 1. The number of pyridine rings is 1. The molecule has 1 aliphatic heterocycles. The van der Waals surface area contributed by atoms with Crippen LogP contribution in [0.15, 0.2) is 29.8 Å². The molecule has 0 saturated heterocycles. The Labute approximate surface area is 125 Å². The summed E-state index contributed by atoms with van der Waals surface area (Å²) in [6.45, 7) is 2.85. The van der Waals surface area contributed by atoms with Crippen LogP contribution in [0.2, 0.25) is 0 Å². The number of hydrogen-bond donors (Lipinski definition) is 1. The normalized spacial score (nSPS) is 17.3. The third-order valence-corrected chi connectivity index (χ3v) is 4.36. The predicted octanol–water partition coefficient (Wildman–Crippen LogP) is 2.51. The number of rotatable bonds is 2. The van der Waals surface area contributed by atoms with Crippen molar-refractivity contribution in [2.45, 2.75) is 19.4 Å². The minimum Gasteiger partial charge on any atom is -0.354 e. The molecule has 1 aliphatic rings. The van der Waals surface area contributed by atoms with Gasteiger partial charge in [0.15, 0.2) is 0 Å². The first-order valence-corrected chi connectivity index (χ1v) is 7.73. The van der Waals surface area contributed by atoms with Gasteiger partial charge in [0.05, 0.1) is 0 Å². The van der Waals surface area contributed by atoms with E-state index in [1.165, 1.54) is 0 Å². The van der Waals surface area contributed by atoms with Crippen molar-refractivity contribution in [2.24, 2.45) is 0 Å². The van der Waals surface area contributed by atoms with Crippen LogP contribution in [0.5, 0.6) is 0 Å². The van der Waals surface area contributed by atoms with Gasteiger partial charge in [0, 0.05) is 23.8 Å². The SMILES string of the molecule is Cc1cccc(-c2nc3n(n2)C(c2nccs2)CCN3)n1. The summed E-state index contributed by atoms with van der Waals surface area (Å²) < 4.78 is 1.93. The monoisotopic (exact) mass is 298 g/mol. The van der Waals surface area contributed by atoms with Crippen LogP contribution in [0.3, 0.4) is 0 Å². The van der Waals surface area contributed by atoms with Crippen LogP contribution in [0.25, 0.3) is 11.5 Å². The fourth-order valence-electron chi connectivity index (χ4n) is 2.51. The zero-order valence-electron chi connectivity index (χ0n) is 11.5. The third kappa shape index (κ3) is 2.19. The molecule has 0 amide bonds. The number of anilines is 1. The van der Waals surface area contributed by atoms with E-state index in [-0.39, 0.29) is 6.04 Å². The number of aryl methyl sites for hydroxylation is 1. The molecule has 1 unspecified atom stereocenters. The molecule has 4 heterocycles. The van der Waals surface area contributed by atoms with Crippen molar-refractivity contribution in [3.05, 3.63) is 40.5 Å². The Bertz CT molecular complexity index is 764. The van der Waals surface area contributed by atoms with Crippen molar-refractivity contribution < 1.29 is 0 Å². The van der Waals surface area contributed by atoms with Gasteiger partial charge in [0.2, 0.25) is 11.8 Å². The Hall–Kier alpha value is -2.28. The van der Waals surface area contributed by atoms with E-state index in [9.17, 15) is 0 Å². The van der Waals surface area contributed by atoms with Crippen molar-refractivity contribution >= 4 is 17.3 Å². The van der Waals surface area contributed by atoms with Gasteiger partial charge in [-0.25, -0.2) is 14.6 Å². The second kappa shape index (κ2) is 4.92. The Morgan fingerprint density at radius 1 is 1.33 bits per heavy atom. The van der Waals surface area contributed by atoms with Crippen LogP contribution in [0.1, 0.15) is 23.2 Å². The van der Waals surface area contributed by atoms with Crippen molar-refractivity contribution in [3.8, 4) is 11.5 Å². The highest BCUT2D eigenvalue weighted by Gasteiger charge is 2.26. The highest BCUT2D eigenvalue weighted by atomic mass is 32.1. The maximum absolute atomic E-state index is 4.65. The summed E-state index contributed by atoms with van der Waals surface area (Å²) in [4.78, 5) is 13.5. The fourth-order valence-corrected chi connectivity index (χ4v) is 3.26. The van der Waals surface area contributed by atoms with Crippen LogP contribution in [-0.4, -0.2) is 31.3 Å². The lowest BCUT2D eigenvalue weighted by Gasteiger charge is -2.22. The summed E-state index contributed by atoms with van der Waals surface area (Å²) in [6.07, 6.45) is 2.80. The number of aromatic nitrogens is 5. The predicted molar refractivity (Wildman–Crippen MR) is 81.3 cm³/mol. The molecule has 0 saturated carbocycles. The highest BCUT2D eigenvalue weighted by molar-refractivity contribution is 7.09. The molecule has 0 bridgehead atoms.